The van der Waals surface area contributed by atoms with Crippen molar-refractivity contribution in [3.05, 3.63) is 66.0 Å². The van der Waals surface area contributed by atoms with E-state index < -0.39 is 5.97 Å². The molecule has 5 heteroatoms. The van der Waals surface area contributed by atoms with E-state index in [1.54, 1.807) is 6.92 Å². The molecule has 24 heavy (non-hydrogen) atoms. The van der Waals surface area contributed by atoms with Gasteiger partial charge in [0.05, 0.1) is 6.61 Å². The van der Waals surface area contributed by atoms with Gasteiger partial charge in [-0.15, -0.1) is 10.2 Å². The quantitative estimate of drug-likeness (QED) is 0.686. The van der Waals surface area contributed by atoms with Gasteiger partial charge >= 0.3 is 5.97 Å². The molecule has 0 aliphatic heterocycles. The predicted molar refractivity (Wildman–Crippen MR) is 91.4 cm³/mol. The summed E-state index contributed by atoms with van der Waals surface area (Å²) in [6.07, 6.45) is 0. The third-order valence-corrected chi connectivity index (χ3v) is 3.59. The van der Waals surface area contributed by atoms with Crippen LogP contribution in [-0.2, 0) is 4.74 Å². The lowest BCUT2D eigenvalue weighted by atomic mass is 10.0. The molecule has 3 aromatic rings. The fourth-order valence-electron chi connectivity index (χ4n) is 2.43. The van der Waals surface area contributed by atoms with Crippen molar-refractivity contribution in [1.82, 2.24) is 15.2 Å². The molecule has 1 heterocycles. The molecule has 0 saturated heterocycles. The summed E-state index contributed by atoms with van der Waals surface area (Å²) in [6.45, 7) is 4.01. The van der Waals surface area contributed by atoms with Crippen LogP contribution in [0.25, 0.3) is 22.5 Å². The lowest BCUT2D eigenvalue weighted by Gasteiger charge is -2.11. The minimum absolute atomic E-state index is 0.0342. The Kier molecular flexibility index (Phi) is 4.61. The molecule has 0 unspecified atom stereocenters. The Morgan fingerprint density at radius 3 is 2.38 bits per heavy atom. The number of rotatable bonds is 4. The van der Waals surface area contributed by atoms with Gasteiger partial charge in [-0.3, -0.25) is 0 Å². The van der Waals surface area contributed by atoms with Gasteiger partial charge in [-0.25, -0.2) is 9.78 Å². The van der Waals surface area contributed by atoms with Crippen LogP contribution in [0.15, 0.2) is 54.6 Å². The van der Waals surface area contributed by atoms with Crippen molar-refractivity contribution in [3.8, 4) is 22.5 Å². The number of aromatic nitrogens is 3. The maximum absolute atomic E-state index is 12.0. The molecular weight excluding hydrogens is 302 g/mol. The highest BCUT2D eigenvalue weighted by Crippen LogP contribution is 2.30. The summed E-state index contributed by atoms with van der Waals surface area (Å²) in [5.41, 5.74) is 4.13. The second kappa shape index (κ2) is 7.00. The van der Waals surface area contributed by atoms with Crippen molar-refractivity contribution in [2.45, 2.75) is 13.8 Å². The first-order chi connectivity index (χ1) is 11.7. The Labute approximate surface area is 140 Å². The second-order valence-corrected chi connectivity index (χ2v) is 5.23. The summed E-state index contributed by atoms with van der Waals surface area (Å²) in [5.74, 6) is -0.605. The maximum Gasteiger partial charge on any atom is 0.378 e. The van der Waals surface area contributed by atoms with E-state index in [4.69, 9.17) is 4.74 Å². The van der Waals surface area contributed by atoms with E-state index in [1.807, 2.05) is 61.5 Å². The van der Waals surface area contributed by atoms with E-state index in [0.717, 1.165) is 16.7 Å². The number of benzene rings is 2. The maximum atomic E-state index is 12.0. The second-order valence-electron chi connectivity index (χ2n) is 5.23. The predicted octanol–water partition coefficient (Wildman–Crippen LogP) is 3.69. The summed E-state index contributed by atoms with van der Waals surface area (Å²) in [6, 6.07) is 17.5. The van der Waals surface area contributed by atoms with Crippen LogP contribution in [0, 0.1) is 6.92 Å². The first-order valence-corrected chi connectivity index (χ1v) is 7.74. The smallest absolute Gasteiger partial charge is 0.378 e. The zero-order valence-electron chi connectivity index (χ0n) is 13.6. The van der Waals surface area contributed by atoms with Crippen LogP contribution in [0.1, 0.15) is 23.1 Å². The lowest BCUT2D eigenvalue weighted by molar-refractivity contribution is 0.0510. The highest BCUT2D eigenvalue weighted by molar-refractivity contribution is 5.87. The lowest BCUT2D eigenvalue weighted by Crippen LogP contribution is -2.12. The van der Waals surface area contributed by atoms with Crippen molar-refractivity contribution in [1.29, 1.82) is 0 Å². The molecule has 2 aromatic carbocycles. The number of carbonyl (C=O) groups excluding carboxylic acids is 1. The molecule has 0 amide bonds. The number of carbonyl (C=O) groups is 1. The molecule has 1 aromatic heterocycles. The van der Waals surface area contributed by atoms with Crippen LogP contribution >= 0.6 is 0 Å². The van der Waals surface area contributed by atoms with Crippen LogP contribution in [0.3, 0.4) is 0 Å². The fraction of sp³-hybridized carbons (Fsp3) is 0.158. The Morgan fingerprint density at radius 2 is 1.67 bits per heavy atom. The number of nitrogens with zero attached hydrogens (tertiary/aromatic N) is 3. The first kappa shape index (κ1) is 15.8. The molecule has 0 radical (unpaired) electrons. The average molecular weight is 319 g/mol. The van der Waals surface area contributed by atoms with Gasteiger partial charge in [-0.1, -0.05) is 54.6 Å². The highest BCUT2D eigenvalue weighted by Gasteiger charge is 2.18. The number of esters is 1. The topological polar surface area (TPSA) is 65.0 Å². The summed E-state index contributed by atoms with van der Waals surface area (Å²) >= 11 is 0. The molecule has 0 aliphatic carbocycles. The summed E-state index contributed by atoms with van der Waals surface area (Å²) < 4.78 is 4.98. The van der Waals surface area contributed by atoms with Gasteiger partial charge in [0.25, 0.3) is 5.82 Å². The molecule has 3 rings (SSSR count). The average Bonchev–Trinajstić information content (AvgIpc) is 2.63. The van der Waals surface area contributed by atoms with E-state index in [0.29, 0.717) is 11.4 Å². The van der Waals surface area contributed by atoms with Gasteiger partial charge in [-0.05, 0) is 19.4 Å². The van der Waals surface area contributed by atoms with Crippen LogP contribution in [-0.4, -0.2) is 27.8 Å². The van der Waals surface area contributed by atoms with Gasteiger partial charge < -0.3 is 4.74 Å². The van der Waals surface area contributed by atoms with Crippen molar-refractivity contribution < 1.29 is 9.53 Å². The number of hydrogen-bond donors (Lipinski definition) is 0. The van der Waals surface area contributed by atoms with Crippen molar-refractivity contribution in [2.24, 2.45) is 0 Å². The fourth-order valence-corrected chi connectivity index (χ4v) is 2.43. The van der Waals surface area contributed by atoms with Crippen LogP contribution in [0.2, 0.25) is 0 Å². The number of ether oxygens (including phenoxy) is 1. The highest BCUT2D eigenvalue weighted by atomic mass is 16.5. The van der Waals surface area contributed by atoms with Gasteiger partial charge in [-0.2, -0.15) is 0 Å². The molecule has 0 atom stereocenters. The largest absolute Gasteiger partial charge is 0.460 e. The van der Waals surface area contributed by atoms with Gasteiger partial charge in [0, 0.05) is 11.1 Å². The van der Waals surface area contributed by atoms with Crippen LogP contribution < -0.4 is 0 Å². The molecular formula is C19H17N3O2. The van der Waals surface area contributed by atoms with Crippen LogP contribution in [0.5, 0.6) is 0 Å². The standard InChI is InChI=1S/C19H17N3O2/c1-3-24-19(23)18-20-16(14-10-5-4-6-11-14)17(21-22-18)15-12-8-7-9-13(15)2/h4-12H,3H2,1-2H3. The van der Waals surface area contributed by atoms with Gasteiger partial charge in [0.2, 0.25) is 0 Å². The van der Waals surface area contributed by atoms with Crippen molar-refractivity contribution in [2.75, 3.05) is 6.61 Å². The molecule has 0 fully saturated rings. The van der Waals surface area contributed by atoms with E-state index in [1.165, 1.54) is 0 Å². The molecule has 0 N–H and O–H groups in total. The zero-order chi connectivity index (χ0) is 16.9. The van der Waals surface area contributed by atoms with Crippen LogP contribution in [0.4, 0.5) is 0 Å². The van der Waals surface area contributed by atoms with Gasteiger partial charge in [0.15, 0.2) is 0 Å². The van der Waals surface area contributed by atoms with E-state index in [2.05, 4.69) is 15.2 Å². The van der Waals surface area contributed by atoms with Gasteiger partial charge in [0.1, 0.15) is 11.4 Å². The van der Waals surface area contributed by atoms with E-state index >= 15 is 0 Å². The number of hydrogen-bond acceptors (Lipinski definition) is 5. The molecule has 5 nitrogen and oxygen atoms in total. The summed E-state index contributed by atoms with van der Waals surface area (Å²) in [5, 5.41) is 8.24. The third-order valence-electron chi connectivity index (χ3n) is 3.59. The first-order valence-electron chi connectivity index (χ1n) is 7.74. The molecule has 0 spiro atoms. The Balaban J connectivity index is 2.19. The Hall–Kier alpha value is -3.08. The third kappa shape index (κ3) is 3.15. The van der Waals surface area contributed by atoms with E-state index in [-0.39, 0.29) is 12.4 Å². The molecule has 0 bridgehead atoms. The zero-order valence-corrected chi connectivity index (χ0v) is 13.6. The monoisotopic (exact) mass is 319 g/mol. The molecule has 0 saturated carbocycles. The normalized spacial score (nSPS) is 10.4. The Bertz CT molecular complexity index is 863. The Morgan fingerprint density at radius 1 is 0.958 bits per heavy atom. The minimum atomic E-state index is -0.571. The minimum Gasteiger partial charge on any atom is -0.460 e. The molecule has 0 aliphatic rings. The van der Waals surface area contributed by atoms with E-state index in [9.17, 15) is 4.79 Å². The summed E-state index contributed by atoms with van der Waals surface area (Å²) in [4.78, 5) is 16.4. The van der Waals surface area contributed by atoms with Crippen molar-refractivity contribution in [3.63, 3.8) is 0 Å². The SMILES string of the molecule is CCOC(=O)c1nnc(-c2ccccc2C)c(-c2ccccc2)n1. The molecule has 120 valence electrons. The number of aryl methyl sites for hydroxylation is 1. The van der Waals surface area contributed by atoms with Crippen molar-refractivity contribution >= 4 is 5.97 Å². The summed E-state index contributed by atoms with van der Waals surface area (Å²) in [7, 11) is 0.